The summed E-state index contributed by atoms with van der Waals surface area (Å²) in [5.41, 5.74) is 2.31. The van der Waals surface area contributed by atoms with E-state index in [1.54, 1.807) is 24.3 Å². The number of anilines is 2. The van der Waals surface area contributed by atoms with Crippen LogP contribution in [-0.2, 0) is 14.3 Å². The number of carbonyl (C=O) groups is 3. The molecule has 158 valence electrons. The number of nitrogens with one attached hydrogen (secondary N) is 1. The second-order valence-corrected chi connectivity index (χ2v) is 7.19. The highest BCUT2D eigenvalue weighted by atomic mass is 16.6. The Morgan fingerprint density at radius 1 is 1.03 bits per heavy atom. The van der Waals surface area contributed by atoms with Gasteiger partial charge in [0.05, 0.1) is 0 Å². The van der Waals surface area contributed by atoms with Crippen LogP contribution >= 0.6 is 0 Å². The SMILES string of the molecule is C[C@H](OC(=O)COc1ccc(C=O)cc1)C(=O)Nc1ccc(N2CCCCC2)cc1. The third-order valence-electron chi connectivity index (χ3n) is 4.91. The largest absolute Gasteiger partial charge is 0.482 e. The number of hydrogen-bond donors (Lipinski definition) is 1. The van der Waals surface area contributed by atoms with Gasteiger partial charge in [-0.3, -0.25) is 9.59 Å². The molecule has 2 aromatic carbocycles. The molecule has 1 heterocycles. The number of piperidine rings is 1. The first-order chi connectivity index (χ1) is 14.5. The van der Waals surface area contributed by atoms with Crippen LogP contribution in [0.2, 0.25) is 0 Å². The number of nitrogens with zero attached hydrogens (tertiary/aromatic N) is 1. The Labute approximate surface area is 176 Å². The quantitative estimate of drug-likeness (QED) is 0.530. The Bertz CT molecular complexity index is 858. The van der Waals surface area contributed by atoms with E-state index in [-0.39, 0.29) is 6.61 Å². The molecule has 0 aliphatic carbocycles. The van der Waals surface area contributed by atoms with Gasteiger partial charge in [-0.25, -0.2) is 4.79 Å². The highest BCUT2D eigenvalue weighted by Crippen LogP contribution is 2.22. The number of carbonyl (C=O) groups excluding carboxylic acids is 3. The van der Waals surface area contributed by atoms with Gasteiger partial charge in [0.2, 0.25) is 0 Å². The van der Waals surface area contributed by atoms with Gasteiger partial charge in [0.15, 0.2) is 12.7 Å². The molecular weight excluding hydrogens is 384 g/mol. The van der Waals surface area contributed by atoms with Crippen molar-refractivity contribution in [2.24, 2.45) is 0 Å². The molecule has 1 atom stereocenters. The number of ether oxygens (including phenoxy) is 2. The molecule has 1 fully saturated rings. The predicted octanol–water partition coefficient (Wildman–Crippen LogP) is 3.44. The molecule has 0 unspecified atom stereocenters. The molecule has 0 spiro atoms. The summed E-state index contributed by atoms with van der Waals surface area (Å²) < 4.78 is 10.4. The smallest absolute Gasteiger partial charge is 0.344 e. The van der Waals surface area contributed by atoms with E-state index in [1.807, 2.05) is 24.3 Å². The monoisotopic (exact) mass is 410 g/mol. The van der Waals surface area contributed by atoms with Gasteiger partial charge in [0.1, 0.15) is 12.0 Å². The zero-order chi connectivity index (χ0) is 21.3. The van der Waals surface area contributed by atoms with Crippen LogP contribution in [-0.4, -0.2) is 44.0 Å². The average Bonchev–Trinajstić information content (AvgIpc) is 2.79. The van der Waals surface area contributed by atoms with E-state index < -0.39 is 18.0 Å². The van der Waals surface area contributed by atoms with Gasteiger partial charge in [-0.1, -0.05) is 0 Å². The van der Waals surface area contributed by atoms with E-state index in [4.69, 9.17) is 9.47 Å². The van der Waals surface area contributed by atoms with Gasteiger partial charge >= 0.3 is 5.97 Å². The minimum absolute atomic E-state index is 0.331. The number of amides is 1. The molecule has 1 amide bonds. The molecule has 0 radical (unpaired) electrons. The van der Waals surface area contributed by atoms with Gasteiger partial charge in [0, 0.05) is 30.0 Å². The lowest BCUT2D eigenvalue weighted by atomic mass is 10.1. The minimum atomic E-state index is -0.958. The Hall–Kier alpha value is -3.35. The Balaban J connectivity index is 1.44. The molecule has 1 aliphatic heterocycles. The summed E-state index contributed by atoms with van der Waals surface area (Å²) in [6, 6.07) is 14.0. The Morgan fingerprint density at radius 3 is 2.33 bits per heavy atom. The van der Waals surface area contributed by atoms with Crippen LogP contribution in [0.5, 0.6) is 5.75 Å². The number of rotatable bonds is 8. The topological polar surface area (TPSA) is 84.9 Å². The van der Waals surface area contributed by atoms with E-state index in [0.29, 0.717) is 17.0 Å². The maximum atomic E-state index is 12.3. The fraction of sp³-hybridized carbons (Fsp3) is 0.348. The zero-order valence-electron chi connectivity index (χ0n) is 17.0. The molecule has 7 nitrogen and oxygen atoms in total. The third-order valence-corrected chi connectivity index (χ3v) is 4.91. The first-order valence-corrected chi connectivity index (χ1v) is 10.1. The maximum absolute atomic E-state index is 12.3. The van der Waals surface area contributed by atoms with E-state index >= 15 is 0 Å². The van der Waals surface area contributed by atoms with Crippen LogP contribution in [0, 0.1) is 0 Å². The first-order valence-electron chi connectivity index (χ1n) is 10.1. The standard InChI is InChI=1S/C23H26N2O5/c1-17(30-22(27)16-29-21-11-5-18(15-26)6-12-21)23(28)24-19-7-9-20(10-8-19)25-13-3-2-4-14-25/h5-12,15,17H,2-4,13-14,16H2,1H3,(H,24,28)/t17-/m0/s1. The van der Waals surface area contributed by atoms with Crippen molar-refractivity contribution in [2.45, 2.75) is 32.3 Å². The summed E-state index contributed by atoms with van der Waals surface area (Å²) in [6.45, 7) is 3.29. The van der Waals surface area contributed by atoms with E-state index in [2.05, 4.69) is 10.2 Å². The van der Waals surface area contributed by atoms with Crippen molar-refractivity contribution in [1.82, 2.24) is 0 Å². The van der Waals surface area contributed by atoms with Crippen molar-refractivity contribution in [3.05, 3.63) is 54.1 Å². The summed E-state index contributed by atoms with van der Waals surface area (Å²) in [6.07, 6.45) is 3.45. The lowest BCUT2D eigenvalue weighted by Gasteiger charge is -2.28. The molecule has 7 heteroatoms. The molecular formula is C23H26N2O5. The van der Waals surface area contributed by atoms with Crippen molar-refractivity contribution < 1.29 is 23.9 Å². The fourth-order valence-corrected chi connectivity index (χ4v) is 3.22. The van der Waals surface area contributed by atoms with Crippen molar-refractivity contribution in [1.29, 1.82) is 0 Å². The van der Waals surface area contributed by atoms with E-state index in [0.717, 1.165) is 25.1 Å². The normalized spacial score (nSPS) is 14.5. The molecule has 2 aromatic rings. The van der Waals surface area contributed by atoms with E-state index in [1.165, 1.54) is 26.2 Å². The van der Waals surface area contributed by atoms with Crippen LogP contribution in [0.15, 0.2) is 48.5 Å². The predicted molar refractivity (Wildman–Crippen MR) is 114 cm³/mol. The average molecular weight is 410 g/mol. The van der Waals surface area contributed by atoms with Crippen LogP contribution in [0.25, 0.3) is 0 Å². The van der Waals surface area contributed by atoms with Crippen molar-refractivity contribution in [2.75, 3.05) is 29.9 Å². The van der Waals surface area contributed by atoms with Crippen LogP contribution in [0.3, 0.4) is 0 Å². The molecule has 0 saturated carbocycles. The Morgan fingerprint density at radius 2 is 1.70 bits per heavy atom. The number of aldehydes is 1. The van der Waals surface area contributed by atoms with Crippen LogP contribution in [0.4, 0.5) is 11.4 Å². The van der Waals surface area contributed by atoms with E-state index in [9.17, 15) is 14.4 Å². The number of esters is 1. The van der Waals surface area contributed by atoms with Gasteiger partial charge < -0.3 is 19.7 Å². The summed E-state index contributed by atoms with van der Waals surface area (Å²) in [5.74, 6) is -0.634. The molecule has 1 N–H and O–H groups in total. The molecule has 1 aliphatic rings. The first kappa shape index (κ1) is 21.4. The number of hydrogen-bond acceptors (Lipinski definition) is 6. The minimum Gasteiger partial charge on any atom is -0.482 e. The molecule has 0 aromatic heterocycles. The van der Waals surface area contributed by atoms with Crippen LogP contribution < -0.4 is 15.0 Å². The third kappa shape index (κ3) is 6.07. The van der Waals surface area contributed by atoms with Gasteiger partial charge in [-0.2, -0.15) is 0 Å². The summed E-state index contributed by atoms with van der Waals surface area (Å²) in [7, 11) is 0. The van der Waals surface area contributed by atoms with Crippen LogP contribution in [0.1, 0.15) is 36.5 Å². The lowest BCUT2D eigenvalue weighted by Crippen LogP contribution is -2.31. The molecule has 0 bridgehead atoms. The Kier molecular flexibility index (Phi) is 7.43. The zero-order valence-corrected chi connectivity index (χ0v) is 17.0. The molecule has 3 rings (SSSR count). The lowest BCUT2D eigenvalue weighted by molar-refractivity contribution is -0.155. The highest BCUT2D eigenvalue weighted by Gasteiger charge is 2.19. The summed E-state index contributed by atoms with van der Waals surface area (Å²) >= 11 is 0. The summed E-state index contributed by atoms with van der Waals surface area (Å²) in [4.78, 5) is 37.2. The van der Waals surface area contributed by atoms with Crippen molar-refractivity contribution in [3.8, 4) is 5.75 Å². The second-order valence-electron chi connectivity index (χ2n) is 7.19. The molecule has 30 heavy (non-hydrogen) atoms. The van der Waals surface area contributed by atoms with Crippen molar-refractivity contribution >= 4 is 29.5 Å². The maximum Gasteiger partial charge on any atom is 0.344 e. The summed E-state index contributed by atoms with van der Waals surface area (Å²) in [5, 5.41) is 2.76. The molecule has 1 saturated heterocycles. The number of benzene rings is 2. The van der Waals surface area contributed by atoms with Gasteiger partial charge in [-0.05, 0) is 74.7 Å². The fourth-order valence-electron chi connectivity index (χ4n) is 3.22. The second kappa shape index (κ2) is 10.4. The van der Waals surface area contributed by atoms with Crippen molar-refractivity contribution in [3.63, 3.8) is 0 Å². The highest BCUT2D eigenvalue weighted by molar-refractivity contribution is 5.95. The van der Waals surface area contributed by atoms with Gasteiger partial charge in [0.25, 0.3) is 5.91 Å². The van der Waals surface area contributed by atoms with Gasteiger partial charge in [-0.15, -0.1) is 0 Å².